The van der Waals surface area contributed by atoms with Gasteiger partial charge in [0.1, 0.15) is 10.5 Å². The highest BCUT2D eigenvalue weighted by Crippen LogP contribution is 2.44. The summed E-state index contributed by atoms with van der Waals surface area (Å²) in [5, 5.41) is 17.1. The molecule has 1 N–H and O–H groups in total. The van der Waals surface area contributed by atoms with Crippen molar-refractivity contribution >= 4 is 50.0 Å². The van der Waals surface area contributed by atoms with Crippen LogP contribution in [0.2, 0.25) is 5.02 Å². The summed E-state index contributed by atoms with van der Waals surface area (Å²) in [5.41, 5.74) is 6.26. The van der Waals surface area contributed by atoms with Gasteiger partial charge in [-0.1, -0.05) is 23.7 Å². The number of benzene rings is 2. The Kier molecular flexibility index (Phi) is 7.04. The lowest BCUT2D eigenvalue weighted by molar-refractivity contribution is -0.160. The van der Waals surface area contributed by atoms with Crippen molar-refractivity contribution in [1.82, 2.24) is 24.7 Å². The van der Waals surface area contributed by atoms with Crippen LogP contribution in [-0.2, 0) is 16.6 Å². The van der Waals surface area contributed by atoms with Crippen molar-refractivity contribution in [3.63, 3.8) is 0 Å². The molecule has 0 amide bonds. The van der Waals surface area contributed by atoms with Crippen molar-refractivity contribution in [2.45, 2.75) is 39.4 Å². The Morgan fingerprint density at radius 2 is 1.76 bits per heavy atom. The first kappa shape index (κ1) is 28.0. The third kappa shape index (κ3) is 5.38. The van der Waals surface area contributed by atoms with E-state index in [2.05, 4.69) is 15.1 Å². The van der Waals surface area contributed by atoms with E-state index >= 15 is 0 Å². The van der Waals surface area contributed by atoms with Crippen LogP contribution in [0.5, 0.6) is 0 Å². The largest absolute Gasteiger partial charge is 0.479 e. The summed E-state index contributed by atoms with van der Waals surface area (Å²) < 4.78 is 8.75. The van der Waals surface area contributed by atoms with Crippen LogP contribution in [-0.4, -0.2) is 41.4 Å². The minimum atomic E-state index is -1.17. The molecule has 6 aromatic rings. The fraction of sp³-hybridized carbons (Fsp3) is 0.219. The topological polar surface area (TPSA) is 103 Å². The minimum Gasteiger partial charge on any atom is -0.479 e. The first-order valence-corrected chi connectivity index (χ1v) is 14.5. The second kappa shape index (κ2) is 10.6. The molecule has 0 saturated carbocycles. The number of hydrogen-bond acceptors (Lipinski definition) is 7. The maximum Gasteiger partial charge on any atom is 0.337 e. The molecule has 4 heterocycles. The van der Waals surface area contributed by atoms with E-state index in [-0.39, 0.29) is 0 Å². The van der Waals surface area contributed by atoms with Crippen LogP contribution in [0.25, 0.3) is 54.2 Å². The zero-order chi connectivity index (χ0) is 29.8. The van der Waals surface area contributed by atoms with Crippen LogP contribution >= 0.6 is 22.9 Å². The van der Waals surface area contributed by atoms with E-state index in [0.29, 0.717) is 10.6 Å². The van der Waals surface area contributed by atoms with E-state index < -0.39 is 17.7 Å². The molecular formula is C32H28ClN5O3S. The molecule has 0 radical (unpaired) electrons. The van der Waals surface area contributed by atoms with Gasteiger partial charge in [-0.15, -0.1) is 11.3 Å². The van der Waals surface area contributed by atoms with Gasteiger partial charge in [0.05, 0.1) is 33.4 Å². The number of ether oxygens (including phenoxy) is 1. The van der Waals surface area contributed by atoms with Crippen molar-refractivity contribution in [2.24, 2.45) is 7.05 Å². The van der Waals surface area contributed by atoms with Crippen molar-refractivity contribution < 1.29 is 14.6 Å². The number of rotatable bonds is 6. The number of halogens is 1. The van der Waals surface area contributed by atoms with E-state index in [0.717, 1.165) is 59.8 Å². The van der Waals surface area contributed by atoms with Gasteiger partial charge >= 0.3 is 5.97 Å². The Hall–Kier alpha value is -4.18. The Bertz CT molecular complexity index is 1980. The van der Waals surface area contributed by atoms with Gasteiger partial charge in [0.15, 0.2) is 6.10 Å². The van der Waals surface area contributed by atoms with E-state index in [1.54, 1.807) is 29.2 Å². The molecule has 10 heteroatoms. The quantitative estimate of drug-likeness (QED) is 0.208. The second-order valence-electron chi connectivity index (χ2n) is 11.2. The van der Waals surface area contributed by atoms with E-state index in [1.165, 1.54) is 11.3 Å². The van der Waals surface area contributed by atoms with Gasteiger partial charge < -0.3 is 9.84 Å². The standard InChI is InChI=1S/C32H28ClN5O3S/c1-17-12-24-29(27(18-6-8-21(33)9-7-18)26(17)28(31(39)40)41-32(2,3)4)42-30(36-24)19-10-11-34-22(13-19)23-14-20-16-38(5)37-25(20)15-35-23/h6-16,28H,1-5H3,(H,39,40)/t28-/m0/s1. The molecule has 0 aliphatic heterocycles. The highest BCUT2D eigenvalue weighted by molar-refractivity contribution is 7.22. The Morgan fingerprint density at radius 3 is 2.48 bits per heavy atom. The normalized spacial score (nSPS) is 12.7. The molecular weight excluding hydrogens is 570 g/mol. The number of carboxylic acid groups (broad SMARTS) is 1. The van der Waals surface area contributed by atoms with Gasteiger partial charge in [0.25, 0.3) is 0 Å². The number of pyridine rings is 2. The van der Waals surface area contributed by atoms with E-state index in [9.17, 15) is 9.90 Å². The molecule has 2 aromatic carbocycles. The molecule has 4 aromatic heterocycles. The average molecular weight is 598 g/mol. The fourth-order valence-corrected chi connectivity index (χ4v) is 6.30. The zero-order valence-electron chi connectivity index (χ0n) is 23.7. The third-order valence-electron chi connectivity index (χ3n) is 6.79. The molecule has 0 spiro atoms. The number of carbonyl (C=O) groups is 1. The van der Waals surface area contributed by atoms with Gasteiger partial charge in [-0.25, -0.2) is 9.78 Å². The van der Waals surface area contributed by atoms with E-state index in [4.69, 9.17) is 21.3 Å². The molecule has 6 rings (SSSR count). The lowest BCUT2D eigenvalue weighted by atomic mass is 9.91. The van der Waals surface area contributed by atoms with Gasteiger partial charge in [0, 0.05) is 46.5 Å². The molecule has 1 atom stereocenters. The molecule has 212 valence electrons. The molecule has 0 saturated heterocycles. The smallest absolute Gasteiger partial charge is 0.337 e. The van der Waals surface area contributed by atoms with Gasteiger partial charge in [-0.2, -0.15) is 5.10 Å². The van der Waals surface area contributed by atoms with Gasteiger partial charge in [0.2, 0.25) is 0 Å². The Morgan fingerprint density at radius 1 is 1.02 bits per heavy atom. The average Bonchev–Trinajstić information content (AvgIpc) is 3.53. The van der Waals surface area contributed by atoms with Gasteiger partial charge in [-0.05, 0) is 75.2 Å². The molecule has 0 unspecified atom stereocenters. The second-order valence-corrected chi connectivity index (χ2v) is 12.6. The lowest BCUT2D eigenvalue weighted by Crippen LogP contribution is -2.28. The SMILES string of the molecule is Cc1cc2nc(-c3ccnc(-c4cc5cn(C)nc5cn4)c3)sc2c(-c2ccc(Cl)cc2)c1[C@H](OC(C)(C)C)C(=O)O. The van der Waals surface area contributed by atoms with E-state index in [1.807, 2.05) is 77.3 Å². The Balaban J connectivity index is 1.53. The van der Waals surface area contributed by atoms with Crippen LogP contribution in [0.15, 0.2) is 67.1 Å². The third-order valence-corrected chi connectivity index (χ3v) is 8.18. The van der Waals surface area contributed by atoms with Crippen molar-refractivity contribution in [3.05, 3.63) is 83.3 Å². The summed E-state index contributed by atoms with van der Waals surface area (Å²) >= 11 is 7.73. The summed E-state index contributed by atoms with van der Waals surface area (Å²) in [6.45, 7) is 7.46. The summed E-state index contributed by atoms with van der Waals surface area (Å²) in [6.07, 6.45) is 4.27. The van der Waals surface area contributed by atoms with Crippen LogP contribution < -0.4 is 0 Å². The summed E-state index contributed by atoms with van der Waals surface area (Å²) in [4.78, 5) is 26.8. The predicted octanol–water partition coefficient (Wildman–Crippen LogP) is 7.88. The lowest BCUT2D eigenvalue weighted by Gasteiger charge is -2.28. The zero-order valence-corrected chi connectivity index (χ0v) is 25.3. The van der Waals surface area contributed by atoms with Crippen LogP contribution in [0.3, 0.4) is 0 Å². The van der Waals surface area contributed by atoms with Crippen molar-refractivity contribution in [2.75, 3.05) is 0 Å². The first-order valence-electron chi connectivity index (χ1n) is 13.3. The first-order chi connectivity index (χ1) is 20.0. The number of fused-ring (bicyclic) bond motifs is 2. The summed E-state index contributed by atoms with van der Waals surface area (Å²) in [6, 6.07) is 15.2. The molecule has 42 heavy (non-hydrogen) atoms. The number of carboxylic acids is 1. The van der Waals surface area contributed by atoms with Crippen molar-refractivity contribution in [1.29, 1.82) is 0 Å². The molecule has 8 nitrogen and oxygen atoms in total. The summed E-state index contributed by atoms with van der Waals surface area (Å²) in [5.74, 6) is -1.05. The predicted molar refractivity (Wildman–Crippen MR) is 167 cm³/mol. The minimum absolute atomic E-state index is 0.595. The number of nitrogens with zero attached hydrogens (tertiary/aromatic N) is 5. The molecule has 0 bridgehead atoms. The molecule has 0 fully saturated rings. The Labute approximate surface area is 251 Å². The number of aryl methyl sites for hydroxylation is 2. The van der Waals surface area contributed by atoms with Crippen LogP contribution in [0.4, 0.5) is 0 Å². The highest BCUT2D eigenvalue weighted by atomic mass is 35.5. The fourth-order valence-electron chi connectivity index (χ4n) is 5.06. The number of hydrogen-bond donors (Lipinski definition) is 1. The highest BCUT2D eigenvalue weighted by Gasteiger charge is 2.32. The number of thiazole rings is 1. The summed E-state index contributed by atoms with van der Waals surface area (Å²) in [7, 11) is 1.88. The number of aromatic nitrogens is 5. The number of aliphatic carboxylic acids is 1. The maximum absolute atomic E-state index is 12.6. The monoisotopic (exact) mass is 597 g/mol. The maximum atomic E-state index is 12.6. The van der Waals surface area contributed by atoms with Crippen LogP contribution in [0.1, 0.15) is 38.0 Å². The van der Waals surface area contributed by atoms with Gasteiger partial charge in [-0.3, -0.25) is 14.6 Å². The van der Waals surface area contributed by atoms with Crippen LogP contribution in [0, 0.1) is 6.92 Å². The molecule has 0 aliphatic carbocycles. The molecule has 0 aliphatic rings. The van der Waals surface area contributed by atoms with Crippen molar-refractivity contribution in [3.8, 4) is 33.1 Å².